The van der Waals surface area contributed by atoms with Crippen LogP contribution in [0.2, 0.25) is 0 Å². The Balaban J connectivity index is 1.60. The number of aliphatic carboxylic acids is 1. The standard InChI is InChI=1S/C12H17N5O3S/c18-10(16-6-2-1-3-9(16)11(19)20)7-21-12-13-14-15-17(12)8-4-5-8/h8-9H,1-7H2,(H,19,20)/t9-/m0/s1. The van der Waals surface area contributed by atoms with Crippen molar-refractivity contribution < 1.29 is 14.7 Å². The molecule has 2 heterocycles. The minimum atomic E-state index is -0.920. The molecule has 0 spiro atoms. The maximum absolute atomic E-state index is 12.3. The summed E-state index contributed by atoms with van der Waals surface area (Å²) in [5.41, 5.74) is 0. The fourth-order valence-corrected chi connectivity index (χ4v) is 3.36. The Morgan fingerprint density at radius 1 is 1.29 bits per heavy atom. The van der Waals surface area contributed by atoms with Gasteiger partial charge in [0.1, 0.15) is 6.04 Å². The highest BCUT2D eigenvalue weighted by Crippen LogP contribution is 2.36. The first-order chi connectivity index (χ1) is 10.2. The van der Waals surface area contributed by atoms with Gasteiger partial charge < -0.3 is 10.0 Å². The number of amides is 1. The van der Waals surface area contributed by atoms with Crippen LogP contribution in [-0.4, -0.2) is 60.4 Å². The van der Waals surface area contributed by atoms with Gasteiger partial charge in [0.05, 0.1) is 11.8 Å². The van der Waals surface area contributed by atoms with E-state index in [0.717, 1.165) is 25.7 Å². The summed E-state index contributed by atoms with van der Waals surface area (Å²) in [6.07, 6.45) is 4.39. The molecule has 0 unspecified atom stereocenters. The molecule has 1 atom stereocenters. The summed E-state index contributed by atoms with van der Waals surface area (Å²) in [7, 11) is 0. The number of carboxylic acids is 1. The summed E-state index contributed by atoms with van der Waals surface area (Å²) in [4.78, 5) is 25.0. The fourth-order valence-electron chi connectivity index (χ4n) is 2.52. The van der Waals surface area contributed by atoms with Crippen LogP contribution in [0, 0.1) is 0 Å². The third-order valence-corrected chi connectivity index (χ3v) is 4.71. The predicted octanol–water partition coefficient (Wildman–Crippen LogP) is 0.566. The Labute approximate surface area is 125 Å². The molecule has 0 bridgehead atoms. The van der Waals surface area contributed by atoms with Crippen molar-refractivity contribution in [2.24, 2.45) is 0 Å². The molecule has 1 aromatic rings. The van der Waals surface area contributed by atoms with E-state index in [-0.39, 0.29) is 11.7 Å². The van der Waals surface area contributed by atoms with Gasteiger partial charge in [0.15, 0.2) is 0 Å². The van der Waals surface area contributed by atoms with E-state index in [1.165, 1.54) is 16.7 Å². The first-order valence-electron chi connectivity index (χ1n) is 7.10. The Kier molecular flexibility index (Phi) is 4.09. The van der Waals surface area contributed by atoms with Crippen molar-refractivity contribution in [3.05, 3.63) is 0 Å². The SMILES string of the molecule is O=C(O)[C@@H]1CCCCN1C(=O)CSc1nnnn1C1CC1. The summed E-state index contributed by atoms with van der Waals surface area (Å²) in [5.74, 6) is -0.898. The van der Waals surface area contributed by atoms with Gasteiger partial charge in [-0.05, 0) is 42.5 Å². The number of hydrogen-bond acceptors (Lipinski definition) is 6. The van der Waals surface area contributed by atoms with E-state index < -0.39 is 12.0 Å². The normalized spacial score (nSPS) is 22.3. The molecule has 0 radical (unpaired) electrons. The van der Waals surface area contributed by atoms with Gasteiger partial charge in [-0.25, -0.2) is 9.48 Å². The van der Waals surface area contributed by atoms with Crippen LogP contribution in [-0.2, 0) is 9.59 Å². The van der Waals surface area contributed by atoms with Gasteiger partial charge in [-0.3, -0.25) is 4.79 Å². The number of carbonyl (C=O) groups is 2. The molecule has 2 fully saturated rings. The topological polar surface area (TPSA) is 101 Å². The van der Waals surface area contributed by atoms with E-state index in [2.05, 4.69) is 15.5 Å². The molecule has 1 aromatic heterocycles. The van der Waals surface area contributed by atoms with Crippen LogP contribution in [0.15, 0.2) is 5.16 Å². The van der Waals surface area contributed by atoms with Gasteiger partial charge in [0, 0.05) is 6.54 Å². The monoisotopic (exact) mass is 311 g/mol. The van der Waals surface area contributed by atoms with Gasteiger partial charge in [-0.1, -0.05) is 11.8 Å². The number of thioether (sulfide) groups is 1. The number of aromatic nitrogens is 4. The maximum Gasteiger partial charge on any atom is 0.326 e. The zero-order valence-electron chi connectivity index (χ0n) is 11.5. The Morgan fingerprint density at radius 3 is 2.81 bits per heavy atom. The number of carbonyl (C=O) groups excluding carboxylic acids is 1. The number of nitrogens with zero attached hydrogens (tertiary/aromatic N) is 5. The first-order valence-corrected chi connectivity index (χ1v) is 8.08. The number of likely N-dealkylation sites (tertiary alicyclic amines) is 1. The zero-order chi connectivity index (χ0) is 14.8. The smallest absolute Gasteiger partial charge is 0.326 e. The van der Waals surface area contributed by atoms with Gasteiger partial charge in [0.25, 0.3) is 0 Å². The van der Waals surface area contributed by atoms with Crippen molar-refractivity contribution in [3.8, 4) is 0 Å². The summed E-state index contributed by atoms with van der Waals surface area (Å²) in [5, 5.41) is 21.3. The summed E-state index contributed by atoms with van der Waals surface area (Å²) in [6, 6.07) is -0.328. The van der Waals surface area contributed by atoms with Crippen molar-refractivity contribution in [3.63, 3.8) is 0 Å². The number of carboxylic acid groups (broad SMARTS) is 1. The lowest BCUT2D eigenvalue weighted by molar-refractivity contribution is -0.150. The zero-order valence-corrected chi connectivity index (χ0v) is 12.3. The van der Waals surface area contributed by atoms with Crippen molar-refractivity contribution in [1.82, 2.24) is 25.1 Å². The molecule has 1 aliphatic carbocycles. The van der Waals surface area contributed by atoms with Crippen LogP contribution in [0.4, 0.5) is 0 Å². The second-order valence-corrected chi connectivity index (χ2v) is 6.31. The average molecular weight is 311 g/mol. The Morgan fingerprint density at radius 2 is 2.10 bits per heavy atom. The molecule has 1 saturated heterocycles. The lowest BCUT2D eigenvalue weighted by Crippen LogP contribution is -2.48. The second-order valence-electron chi connectivity index (χ2n) is 5.36. The number of tetrazole rings is 1. The highest BCUT2D eigenvalue weighted by atomic mass is 32.2. The number of hydrogen-bond donors (Lipinski definition) is 1. The van der Waals surface area contributed by atoms with Crippen molar-refractivity contribution >= 4 is 23.6 Å². The lowest BCUT2D eigenvalue weighted by Gasteiger charge is -2.32. The first kappa shape index (κ1) is 14.3. The molecular formula is C12H17N5O3S. The van der Waals surface area contributed by atoms with Crippen molar-refractivity contribution in [2.75, 3.05) is 12.3 Å². The van der Waals surface area contributed by atoms with Crippen LogP contribution in [0.1, 0.15) is 38.1 Å². The van der Waals surface area contributed by atoms with Gasteiger partial charge in [-0.15, -0.1) is 5.10 Å². The molecule has 3 rings (SSSR count). The third kappa shape index (κ3) is 3.17. The largest absolute Gasteiger partial charge is 0.480 e. The molecule has 9 heteroatoms. The van der Waals surface area contributed by atoms with E-state index in [0.29, 0.717) is 24.2 Å². The average Bonchev–Trinajstić information content (AvgIpc) is 3.23. The van der Waals surface area contributed by atoms with E-state index in [1.54, 1.807) is 4.68 Å². The molecular weight excluding hydrogens is 294 g/mol. The molecule has 1 aliphatic heterocycles. The quantitative estimate of drug-likeness (QED) is 0.793. The molecule has 21 heavy (non-hydrogen) atoms. The lowest BCUT2D eigenvalue weighted by atomic mass is 10.0. The minimum absolute atomic E-state index is 0.155. The summed E-state index contributed by atoms with van der Waals surface area (Å²) >= 11 is 1.28. The van der Waals surface area contributed by atoms with Crippen LogP contribution in [0.3, 0.4) is 0 Å². The van der Waals surface area contributed by atoms with E-state index in [1.807, 2.05) is 0 Å². The molecule has 0 aromatic carbocycles. The fraction of sp³-hybridized carbons (Fsp3) is 0.750. The van der Waals surface area contributed by atoms with Crippen LogP contribution in [0.25, 0.3) is 0 Å². The highest BCUT2D eigenvalue weighted by molar-refractivity contribution is 7.99. The number of piperidine rings is 1. The molecule has 8 nitrogen and oxygen atoms in total. The summed E-state index contributed by atoms with van der Waals surface area (Å²) < 4.78 is 1.75. The van der Waals surface area contributed by atoms with E-state index >= 15 is 0 Å². The predicted molar refractivity (Wildman–Crippen MR) is 73.8 cm³/mol. The van der Waals surface area contributed by atoms with Crippen LogP contribution < -0.4 is 0 Å². The summed E-state index contributed by atoms with van der Waals surface area (Å²) in [6.45, 7) is 0.518. The molecule has 114 valence electrons. The molecule has 1 amide bonds. The maximum atomic E-state index is 12.3. The van der Waals surface area contributed by atoms with Crippen LogP contribution in [0.5, 0.6) is 0 Å². The van der Waals surface area contributed by atoms with Gasteiger partial charge in [0.2, 0.25) is 11.1 Å². The van der Waals surface area contributed by atoms with Crippen molar-refractivity contribution in [1.29, 1.82) is 0 Å². The second kappa shape index (κ2) is 6.00. The third-order valence-electron chi connectivity index (χ3n) is 3.79. The Bertz CT molecular complexity index is 545. The molecule has 1 saturated carbocycles. The minimum Gasteiger partial charge on any atom is -0.480 e. The molecule has 2 aliphatic rings. The van der Waals surface area contributed by atoms with Gasteiger partial charge in [-0.2, -0.15) is 0 Å². The Hall–Kier alpha value is -1.64. The number of rotatable bonds is 5. The van der Waals surface area contributed by atoms with E-state index in [9.17, 15) is 14.7 Å². The van der Waals surface area contributed by atoms with Crippen LogP contribution >= 0.6 is 11.8 Å². The highest BCUT2D eigenvalue weighted by Gasteiger charge is 2.32. The molecule has 1 N–H and O–H groups in total. The van der Waals surface area contributed by atoms with E-state index in [4.69, 9.17) is 0 Å². The van der Waals surface area contributed by atoms with Gasteiger partial charge >= 0.3 is 5.97 Å². The van der Waals surface area contributed by atoms with Crippen molar-refractivity contribution in [2.45, 2.75) is 49.3 Å².